The summed E-state index contributed by atoms with van der Waals surface area (Å²) in [7, 11) is 2.89. The topological polar surface area (TPSA) is 110 Å². The molecule has 1 rings (SSSR count). The van der Waals surface area contributed by atoms with Gasteiger partial charge in [0, 0.05) is 31.8 Å². The molecule has 3 N–H and O–H groups in total. The molecule has 1 unspecified atom stereocenters. The maximum Gasteiger partial charge on any atom is 0.257 e. The number of benzene rings is 1. The molecule has 7 heteroatoms. The molecule has 0 fully saturated rings. The van der Waals surface area contributed by atoms with Gasteiger partial charge in [-0.2, -0.15) is 0 Å². The van der Waals surface area contributed by atoms with Gasteiger partial charge in [-0.25, -0.2) is 0 Å². The number of hydrogen-bond acceptors (Lipinski definition) is 5. The monoisotopic (exact) mass is 305 g/mol. The van der Waals surface area contributed by atoms with Crippen LogP contribution < -0.4 is 11.1 Å². The third-order valence-electron chi connectivity index (χ3n) is 3.36. The van der Waals surface area contributed by atoms with E-state index in [-0.39, 0.29) is 35.6 Å². The van der Waals surface area contributed by atoms with Crippen LogP contribution >= 0.6 is 0 Å². The number of likely N-dealkylation sites (N-methyl/N-ethyl adjacent to an activating group) is 2. The molecule has 0 saturated carbocycles. The van der Waals surface area contributed by atoms with Gasteiger partial charge >= 0.3 is 0 Å². The van der Waals surface area contributed by atoms with E-state index < -0.39 is 11.9 Å². The molecule has 0 spiro atoms. The maximum absolute atomic E-state index is 12.6. The summed E-state index contributed by atoms with van der Waals surface area (Å²) in [6.07, 6.45) is 1.55. The lowest BCUT2D eigenvalue weighted by Gasteiger charge is -2.27. The smallest absolute Gasteiger partial charge is 0.257 e. The van der Waals surface area contributed by atoms with Crippen molar-refractivity contribution in [3.05, 3.63) is 29.3 Å². The molecule has 0 aromatic heterocycles. The maximum atomic E-state index is 12.6. The van der Waals surface area contributed by atoms with Gasteiger partial charge in [-0.3, -0.25) is 14.4 Å². The highest BCUT2D eigenvalue weighted by Crippen LogP contribution is 2.19. The van der Waals surface area contributed by atoms with Crippen molar-refractivity contribution < 1.29 is 19.2 Å². The highest BCUT2D eigenvalue weighted by Gasteiger charge is 2.28. The summed E-state index contributed by atoms with van der Waals surface area (Å²) in [5.74, 6) is -0.931. The van der Waals surface area contributed by atoms with Crippen molar-refractivity contribution >= 4 is 30.1 Å². The van der Waals surface area contributed by atoms with E-state index >= 15 is 0 Å². The number of amides is 2. The number of hydrogen-bond donors (Lipinski definition) is 2. The fourth-order valence-corrected chi connectivity index (χ4v) is 2.14. The number of carbonyl (C=O) groups excluding carboxylic acids is 4. The van der Waals surface area contributed by atoms with Gasteiger partial charge in [-0.05, 0) is 12.5 Å². The molecular formula is C15H19N3O4. The number of rotatable bonds is 7. The second-order valence-electron chi connectivity index (χ2n) is 4.72. The largest absolute Gasteiger partial charge is 0.398 e. The Labute approximate surface area is 128 Å². The molecule has 1 atom stereocenters. The second kappa shape index (κ2) is 7.92. The normalized spacial score (nSPS) is 11.4. The van der Waals surface area contributed by atoms with Crippen LogP contribution in [0.25, 0.3) is 0 Å². The summed E-state index contributed by atoms with van der Waals surface area (Å²) >= 11 is 0. The molecule has 2 amide bonds. The predicted octanol–water partition coefficient (Wildman–Crippen LogP) is 0.247. The van der Waals surface area contributed by atoms with Gasteiger partial charge in [-0.1, -0.05) is 12.1 Å². The summed E-state index contributed by atoms with van der Waals surface area (Å²) in [4.78, 5) is 47.3. The van der Waals surface area contributed by atoms with Crippen LogP contribution in [0, 0.1) is 0 Å². The van der Waals surface area contributed by atoms with Gasteiger partial charge in [0.25, 0.3) is 5.91 Å². The summed E-state index contributed by atoms with van der Waals surface area (Å²) in [6.45, 7) is 0. The van der Waals surface area contributed by atoms with Gasteiger partial charge in [0.15, 0.2) is 6.29 Å². The first-order valence-corrected chi connectivity index (χ1v) is 6.74. The van der Waals surface area contributed by atoms with Crippen molar-refractivity contribution in [3.63, 3.8) is 0 Å². The van der Waals surface area contributed by atoms with E-state index in [4.69, 9.17) is 5.73 Å². The molecule has 22 heavy (non-hydrogen) atoms. The van der Waals surface area contributed by atoms with Crippen LogP contribution in [0.15, 0.2) is 18.2 Å². The van der Waals surface area contributed by atoms with Crippen LogP contribution in [-0.2, 0) is 9.59 Å². The molecule has 0 saturated heterocycles. The SMILES string of the molecule is CNC(=O)C(CCC=O)N(C)C(=O)c1c(N)cccc1C=O. The van der Waals surface area contributed by atoms with Crippen LogP contribution in [0.1, 0.15) is 33.6 Å². The number of nitrogens with two attached hydrogens (primary N) is 1. The highest BCUT2D eigenvalue weighted by molar-refractivity contribution is 6.06. The lowest BCUT2D eigenvalue weighted by Crippen LogP contribution is -2.47. The average Bonchev–Trinajstić information content (AvgIpc) is 2.53. The van der Waals surface area contributed by atoms with Crippen LogP contribution in [-0.4, -0.2) is 49.4 Å². The number of anilines is 1. The molecule has 118 valence electrons. The Kier molecular flexibility index (Phi) is 6.25. The molecule has 0 heterocycles. The number of nitrogens with zero attached hydrogens (tertiary/aromatic N) is 1. The van der Waals surface area contributed by atoms with Gasteiger partial charge in [0.05, 0.1) is 5.56 Å². The minimum absolute atomic E-state index is 0.0556. The van der Waals surface area contributed by atoms with Gasteiger partial charge < -0.3 is 20.7 Å². The molecule has 7 nitrogen and oxygen atoms in total. The Balaban J connectivity index is 3.16. The van der Waals surface area contributed by atoms with E-state index in [9.17, 15) is 19.2 Å². The first-order valence-electron chi connectivity index (χ1n) is 6.74. The van der Waals surface area contributed by atoms with Crippen molar-refractivity contribution in [2.24, 2.45) is 0 Å². The fourth-order valence-electron chi connectivity index (χ4n) is 2.14. The summed E-state index contributed by atoms with van der Waals surface area (Å²) in [6, 6.07) is 3.74. The van der Waals surface area contributed by atoms with Crippen molar-refractivity contribution in [3.8, 4) is 0 Å². The zero-order chi connectivity index (χ0) is 16.7. The Bertz CT molecular complexity index is 586. The quantitative estimate of drug-likeness (QED) is 0.554. The van der Waals surface area contributed by atoms with E-state index in [0.717, 1.165) is 0 Å². The van der Waals surface area contributed by atoms with Crippen LogP contribution in [0.2, 0.25) is 0 Å². The van der Waals surface area contributed by atoms with E-state index in [0.29, 0.717) is 12.6 Å². The lowest BCUT2D eigenvalue weighted by molar-refractivity contribution is -0.125. The van der Waals surface area contributed by atoms with Crippen molar-refractivity contribution in [2.75, 3.05) is 19.8 Å². The molecule has 1 aromatic carbocycles. The van der Waals surface area contributed by atoms with Crippen LogP contribution in [0.4, 0.5) is 5.69 Å². The highest BCUT2D eigenvalue weighted by atomic mass is 16.2. The lowest BCUT2D eigenvalue weighted by atomic mass is 10.0. The predicted molar refractivity (Wildman–Crippen MR) is 81.5 cm³/mol. The molecule has 0 radical (unpaired) electrons. The van der Waals surface area contributed by atoms with Gasteiger partial charge in [0.2, 0.25) is 5.91 Å². The zero-order valence-corrected chi connectivity index (χ0v) is 12.5. The minimum Gasteiger partial charge on any atom is -0.398 e. The van der Waals surface area contributed by atoms with Crippen molar-refractivity contribution in [2.45, 2.75) is 18.9 Å². The average molecular weight is 305 g/mol. The second-order valence-corrected chi connectivity index (χ2v) is 4.72. The summed E-state index contributed by atoms with van der Waals surface area (Å²) in [5, 5.41) is 2.45. The van der Waals surface area contributed by atoms with E-state index in [1.165, 1.54) is 31.1 Å². The summed E-state index contributed by atoms with van der Waals surface area (Å²) in [5.41, 5.74) is 6.15. The number of nitrogens with one attached hydrogen (secondary N) is 1. The molecule has 1 aromatic rings. The standard InChI is InChI=1S/C15H19N3O4/c1-17-14(21)12(7-4-8-19)18(2)15(22)13-10(9-20)5-3-6-11(13)16/h3,5-6,8-9,12H,4,7,16H2,1-2H3,(H,17,21). The van der Waals surface area contributed by atoms with Crippen molar-refractivity contribution in [1.82, 2.24) is 10.2 Å². The Morgan fingerprint density at radius 2 is 2.05 bits per heavy atom. The number of carbonyl (C=O) groups is 4. The third-order valence-corrected chi connectivity index (χ3v) is 3.36. The Hall–Kier alpha value is -2.70. The Morgan fingerprint density at radius 1 is 1.36 bits per heavy atom. The van der Waals surface area contributed by atoms with E-state index in [2.05, 4.69) is 5.32 Å². The van der Waals surface area contributed by atoms with Gasteiger partial charge in [-0.15, -0.1) is 0 Å². The third kappa shape index (κ3) is 3.69. The molecule has 0 aliphatic rings. The van der Waals surface area contributed by atoms with Crippen molar-refractivity contribution in [1.29, 1.82) is 0 Å². The van der Waals surface area contributed by atoms with Crippen LogP contribution in [0.5, 0.6) is 0 Å². The summed E-state index contributed by atoms with van der Waals surface area (Å²) < 4.78 is 0. The Morgan fingerprint density at radius 3 is 2.59 bits per heavy atom. The molecule has 0 aliphatic carbocycles. The van der Waals surface area contributed by atoms with Gasteiger partial charge in [0.1, 0.15) is 12.3 Å². The first kappa shape index (κ1) is 17.4. The molecule has 0 bridgehead atoms. The fraction of sp³-hybridized carbons (Fsp3) is 0.333. The molecular weight excluding hydrogens is 286 g/mol. The number of aldehydes is 2. The van der Waals surface area contributed by atoms with Crippen LogP contribution in [0.3, 0.4) is 0 Å². The molecule has 0 aliphatic heterocycles. The van der Waals surface area contributed by atoms with E-state index in [1.54, 1.807) is 6.07 Å². The first-order chi connectivity index (χ1) is 10.5. The minimum atomic E-state index is -0.818. The zero-order valence-electron chi connectivity index (χ0n) is 12.5. The number of nitrogen functional groups attached to an aromatic ring is 1. The van der Waals surface area contributed by atoms with E-state index in [1.807, 2.05) is 0 Å².